The molecule has 1 unspecified atom stereocenters. The van der Waals surface area contributed by atoms with Crippen LogP contribution in [0.25, 0.3) is 11.0 Å². The Kier molecular flexibility index (Phi) is 3.58. The van der Waals surface area contributed by atoms with Crippen molar-refractivity contribution in [2.75, 3.05) is 0 Å². The predicted molar refractivity (Wildman–Crippen MR) is 81.2 cm³/mol. The van der Waals surface area contributed by atoms with Gasteiger partial charge in [-0.15, -0.1) is 0 Å². The summed E-state index contributed by atoms with van der Waals surface area (Å²) in [6.45, 7) is 1.87. The third-order valence-electron chi connectivity index (χ3n) is 3.13. The molecule has 2 heterocycles. The van der Waals surface area contributed by atoms with E-state index in [4.69, 9.17) is 11.6 Å². The molecule has 0 saturated carbocycles. The molecule has 21 heavy (non-hydrogen) atoms. The zero-order valence-electron chi connectivity index (χ0n) is 11.3. The Morgan fingerprint density at radius 3 is 2.81 bits per heavy atom. The quantitative estimate of drug-likeness (QED) is 0.781. The van der Waals surface area contributed by atoms with Crippen molar-refractivity contribution in [2.45, 2.75) is 13.0 Å². The number of nitrogens with zero attached hydrogens (tertiary/aromatic N) is 2. The lowest BCUT2D eigenvalue weighted by Gasteiger charge is -2.10. The fraction of sp³-hybridized carbons (Fsp3) is 0.133. The highest BCUT2D eigenvalue weighted by Crippen LogP contribution is 2.16. The van der Waals surface area contributed by atoms with Crippen LogP contribution in [0, 0.1) is 0 Å². The zero-order valence-corrected chi connectivity index (χ0v) is 12.1. The first-order chi connectivity index (χ1) is 10.1. The molecule has 0 radical (unpaired) electrons. The highest BCUT2D eigenvalue weighted by molar-refractivity contribution is 6.30. The zero-order chi connectivity index (χ0) is 14.8. The number of carbonyl (C=O) groups excluding carboxylic acids is 1. The Labute approximate surface area is 126 Å². The molecular formula is C15H13ClN4O. The number of rotatable bonds is 3. The summed E-state index contributed by atoms with van der Waals surface area (Å²) in [5.74, 6) is 0.443. The Morgan fingerprint density at radius 2 is 2.10 bits per heavy atom. The molecule has 5 nitrogen and oxygen atoms in total. The molecule has 0 aliphatic rings. The summed E-state index contributed by atoms with van der Waals surface area (Å²) in [5, 5.41) is 3.35. The van der Waals surface area contributed by atoms with Crippen molar-refractivity contribution in [3.8, 4) is 0 Å². The number of imidazole rings is 1. The lowest BCUT2D eigenvalue weighted by Crippen LogP contribution is -2.28. The largest absolute Gasteiger partial charge is 0.341 e. The maximum absolute atomic E-state index is 12.1. The number of hydrogen-bond donors (Lipinski definition) is 2. The van der Waals surface area contributed by atoms with E-state index in [0.29, 0.717) is 16.5 Å². The van der Waals surface area contributed by atoms with Gasteiger partial charge in [0, 0.05) is 6.20 Å². The van der Waals surface area contributed by atoms with Gasteiger partial charge >= 0.3 is 0 Å². The van der Waals surface area contributed by atoms with E-state index >= 15 is 0 Å². The minimum absolute atomic E-state index is 0.248. The maximum atomic E-state index is 12.1. The molecule has 0 aliphatic carbocycles. The van der Waals surface area contributed by atoms with Crippen LogP contribution in [0.2, 0.25) is 5.02 Å². The molecule has 0 bridgehead atoms. The number of pyridine rings is 1. The molecule has 0 aliphatic heterocycles. The van der Waals surface area contributed by atoms with Gasteiger partial charge in [-0.3, -0.25) is 4.79 Å². The van der Waals surface area contributed by atoms with Gasteiger partial charge < -0.3 is 10.3 Å². The Bertz CT molecular complexity index is 749. The second-order valence-electron chi connectivity index (χ2n) is 4.70. The van der Waals surface area contributed by atoms with Crippen LogP contribution in [0.15, 0.2) is 42.6 Å². The van der Waals surface area contributed by atoms with Gasteiger partial charge in [-0.1, -0.05) is 23.7 Å². The van der Waals surface area contributed by atoms with Crippen molar-refractivity contribution >= 4 is 28.5 Å². The maximum Gasteiger partial charge on any atom is 0.270 e. The molecule has 0 spiro atoms. The van der Waals surface area contributed by atoms with Gasteiger partial charge in [0.15, 0.2) is 0 Å². The number of hydrogen-bond acceptors (Lipinski definition) is 3. The predicted octanol–water partition coefficient (Wildman–Crippen LogP) is 3.10. The summed E-state index contributed by atoms with van der Waals surface area (Å²) in [6.07, 6.45) is 1.45. The SMILES string of the molecule is CC(NC(=O)c1ccc(Cl)cn1)c1nc2ccccc2[nH]1. The molecule has 3 aromatic rings. The fourth-order valence-corrected chi connectivity index (χ4v) is 2.14. The van der Waals surface area contributed by atoms with Crippen LogP contribution in [0.5, 0.6) is 0 Å². The fourth-order valence-electron chi connectivity index (χ4n) is 2.03. The summed E-state index contributed by atoms with van der Waals surface area (Å²) < 4.78 is 0. The molecule has 1 amide bonds. The number of amides is 1. The van der Waals surface area contributed by atoms with Crippen LogP contribution < -0.4 is 5.32 Å². The third kappa shape index (κ3) is 2.87. The van der Waals surface area contributed by atoms with Gasteiger partial charge in [0.05, 0.1) is 22.1 Å². The smallest absolute Gasteiger partial charge is 0.270 e. The standard InChI is InChI=1S/C15H13ClN4O/c1-9(14-19-11-4-2-3-5-12(11)20-14)18-15(21)13-7-6-10(16)8-17-13/h2-9H,1H3,(H,18,21)(H,19,20). The molecule has 1 atom stereocenters. The van der Waals surface area contributed by atoms with Gasteiger partial charge in [-0.25, -0.2) is 9.97 Å². The first kappa shape index (κ1) is 13.6. The second-order valence-corrected chi connectivity index (χ2v) is 5.13. The number of aromatic nitrogens is 3. The number of H-pyrrole nitrogens is 1. The van der Waals surface area contributed by atoms with Crippen LogP contribution >= 0.6 is 11.6 Å². The molecule has 2 N–H and O–H groups in total. The summed E-state index contributed by atoms with van der Waals surface area (Å²) in [7, 11) is 0. The van der Waals surface area contributed by atoms with Gasteiger partial charge in [0.1, 0.15) is 11.5 Å². The Balaban J connectivity index is 1.77. The monoisotopic (exact) mass is 300 g/mol. The summed E-state index contributed by atoms with van der Waals surface area (Å²) in [6, 6.07) is 10.7. The first-order valence-corrected chi connectivity index (χ1v) is 6.88. The van der Waals surface area contributed by atoms with Crippen LogP contribution in [0.4, 0.5) is 0 Å². The number of nitrogens with one attached hydrogen (secondary N) is 2. The van der Waals surface area contributed by atoms with Crippen molar-refractivity contribution in [3.05, 3.63) is 59.1 Å². The van der Waals surface area contributed by atoms with Crippen molar-refractivity contribution in [3.63, 3.8) is 0 Å². The third-order valence-corrected chi connectivity index (χ3v) is 3.35. The number of fused-ring (bicyclic) bond motifs is 1. The van der Waals surface area contributed by atoms with Crippen molar-refractivity contribution in [2.24, 2.45) is 0 Å². The second kappa shape index (κ2) is 5.54. The van der Waals surface area contributed by atoms with E-state index in [1.165, 1.54) is 6.20 Å². The van der Waals surface area contributed by atoms with E-state index in [9.17, 15) is 4.79 Å². The highest BCUT2D eigenvalue weighted by atomic mass is 35.5. The van der Waals surface area contributed by atoms with Crippen LogP contribution in [-0.2, 0) is 0 Å². The minimum Gasteiger partial charge on any atom is -0.341 e. The van der Waals surface area contributed by atoms with Crippen LogP contribution in [-0.4, -0.2) is 20.9 Å². The van der Waals surface area contributed by atoms with E-state index < -0.39 is 0 Å². The van der Waals surface area contributed by atoms with Crippen LogP contribution in [0.1, 0.15) is 29.3 Å². The number of aromatic amines is 1. The summed E-state index contributed by atoms with van der Waals surface area (Å²) >= 11 is 5.75. The summed E-state index contributed by atoms with van der Waals surface area (Å²) in [5.41, 5.74) is 2.14. The molecule has 3 rings (SSSR count). The molecule has 0 fully saturated rings. The Morgan fingerprint density at radius 1 is 1.29 bits per heavy atom. The van der Waals surface area contributed by atoms with E-state index in [0.717, 1.165) is 11.0 Å². The average Bonchev–Trinajstić information content (AvgIpc) is 2.92. The van der Waals surface area contributed by atoms with Crippen LogP contribution in [0.3, 0.4) is 0 Å². The van der Waals surface area contributed by atoms with Gasteiger partial charge in [0.2, 0.25) is 0 Å². The Hall–Kier alpha value is -2.40. The van der Waals surface area contributed by atoms with Gasteiger partial charge in [-0.05, 0) is 31.2 Å². The molecule has 6 heteroatoms. The van der Waals surface area contributed by atoms with Gasteiger partial charge in [0.25, 0.3) is 5.91 Å². The summed E-state index contributed by atoms with van der Waals surface area (Å²) in [4.78, 5) is 23.7. The minimum atomic E-state index is -0.264. The molecule has 1 aromatic carbocycles. The van der Waals surface area contributed by atoms with E-state index in [2.05, 4.69) is 20.3 Å². The molecule has 2 aromatic heterocycles. The van der Waals surface area contributed by atoms with Crippen molar-refractivity contribution < 1.29 is 4.79 Å². The lowest BCUT2D eigenvalue weighted by molar-refractivity contribution is 0.0933. The number of carbonyl (C=O) groups is 1. The van der Waals surface area contributed by atoms with E-state index in [1.54, 1.807) is 12.1 Å². The first-order valence-electron chi connectivity index (χ1n) is 6.50. The molecular weight excluding hydrogens is 288 g/mol. The average molecular weight is 301 g/mol. The number of halogens is 1. The van der Waals surface area contributed by atoms with Crippen molar-refractivity contribution in [1.29, 1.82) is 0 Å². The lowest BCUT2D eigenvalue weighted by atomic mass is 10.3. The van der Waals surface area contributed by atoms with E-state index in [-0.39, 0.29) is 11.9 Å². The number of para-hydroxylation sites is 2. The highest BCUT2D eigenvalue weighted by Gasteiger charge is 2.15. The van der Waals surface area contributed by atoms with E-state index in [1.807, 2.05) is 31.2 Å². The molecule has 106 valence electrons. The normalized spacial score (nSPS) is 12.3. The van der Waals surface area contributed by atoms with Crippen molar-refractivity contribution in [1.82, 2.24) is 20.3 Å². The topological polar surface area (TPSA) is 70.7 Å². The van der Waals surface area contributed by atoms with Gasteiger partial charge in [-0.2, -0.15) is 0 Å². The molecule has 0 saturated heterocycles. The number of benzene rings is 1.